The van der Waals surface area contributed by atoms with Crippen LogP contribution in [0.5, 0.6) is 11.5 Å². The number of aromatic nitrogens is 4. The van der Waals surface area contributed by atoms with Crippen molar-refractivity contribution >= 4 is 17.4 Å². The van der Waals surface area contributed by atoms with E-state index in [9.17, 15) is 9.18 Å². The van der Waals surface area contributed by atoms with Crippen molar-refractivity contribution in [2.45, 2.75) is 13.5 Å². The summed E-state index contributed by atoms with van der Waals surface area (Å²) in [7, 11) is 3.07. The lowest BCUT2D eigenvalue weighted by molar-refractivity contribution is 0.102. The summed E-state index contributed by atoms with van der Waals surface area (Å²) < 4.78 is 31.7. The van der Waals surface area contributed by atoms with Crippen molar-refractivity contribution < 1.29 is 23.1 Å². The maximum Gasteiger partial charge on any atom is 0.280 e. The lowest BCUT2D eigenvalue weighted by Crippen LogP contribution is -2.16. The predicted molar refractivity (Wildman–Crippen MR) is 118 cm³/mol. The zero-order chi connectivity index (χ0) is 23.5. The molecule has 0 saturated carbocycles. The van der Waals surface area contributed by atoms with E-state index in [1.54, 1.807) is 38.3 Å². The van der Waals surface area contributed by atoms with Gasteiger partial charge in [-0.3, -0.25) is 4.79 Å². The average molecular weight is 452 g/mol. The Morgan fingerprint density at radius 3 is 2.70 bits per heavy atom. The molecule has 0 aliphatic heterocycles. The van der Waals surface area contributed by atoms with Crippen molar-refractivity contribution in [1.29, 1.82) is 0 Å². The van der Waals surface area contributed by atoms with E-state index < -0.39 is 11.7 Å². The summed E-state index contributed by atoms with van der Waals surface area (Å²) in [4.78, 5) is 17.0. The molecule has 0 radical (unpaired) electrons. The van der Waals surface area contributed by atoms with Gasteiger partial charge in [0.1, 0.15) is 17.3 Å². The Kier molecular flexibility index (Phi) is 5.94. The van der Waals surface area contributed by atoms with Crippen LogP contribution in [0.15, 0.2) is 46.9 Å². The normalized spacial score (nSPS) is 10.8. The molecule has 2 aromatic carbocycles. The number of hydrogen-bond acceptors (Lipinski definition) is 8. The van der Waals surface area contributed by atoms with E-state index in [2.05, 4.69) is 20.6 Å². The fraction of sp³-hybridized carbons (Fsp3) is 0.182. The van der Waals surface area contributed by atoms with Crippen LogP contribution in [0.1, 0.15) is 21.9 Å². The number of hydrogen-bond donors (Lipinski definition) is 2. The quantitative estimate of drug-likeness (QED) is 0.437. The minimum absolute atomic E-state index is 0.00625. The first-order valence-electron chi connectivity index (χ1n) is 9.85. The van der Waals surface area contributed by atoms with Gasteiger partial charge >= 0.3 is 0 Å². The second-order valence-electron chi connectivity index (χ2n) is 6.98. The second-order valence-corrected chi connectivity index (χ2v) is 6.98. The third-order valence-electron chi connectivity index (χ3n) is 4.94. The minimum atomic E-state index is -0.678. The smallest absolute Gasteiger partial charge is 0.280 e. The first kappa shape index (κ1) is 21.8. The largest absolute Gasteiger partial charge is 0.493 e. The summed E-state index contributed by atoms with van der Waals surface area (Å²) >= 11 is 0. The number of amides is 1. The molecule has 0 atom stereocenters. The van der Waals surface area contributed by atoms with Gasteiger partial charge in [-0.1, -0.05) is 23.4 Å². The number of carbonyl (C=O) groups excluding carboxylic acids is 1. The Morgan fingerprint density at radius 2 is 1.97 bits per heavy atom. The Balaban J connectivity index is 1.58. The number of benzene rings is 2. The van der Waals surface area contributed by atoms with Crippen LogP contribution in [0, 0.1) is 12.7 Å². The van der Waals surface area contributed by atoms with Gasteiger partial charge in [-0.05, 0) is 31.2 Å². The Morgan fingerprint density at radius 1 is 1.18 bits per heavy atom. The van der Waals surface area contributed by atoms with Crippen LogP contribution in [-0.2, 0) is 6.54 Å². The Bertz CT molecular complexity index is 1320. The molecular formula is C22H21FN6O4. The molecule has 0 aliphatic carbocycles. The summed E-state index contributed by atoms with van der Waals surface area (Å²) in [6.07, 6.45) is 0. The number of aryl methyl sites for hydroxylation is 1. The molecule has 0 spiro atoms. The zero-order valence-electron chi connectivity index (χ0n) is 18.1. The first-order valence-corrected chi connectivity index (χ1v) is 9.85. The Hall–Kier alpha value is -4.41. The number of carbonyl (C=O) groups is 1. The van der Waals surface area contributed by atoms with Crippen LogP contribution in [0.3, 0.4) is 0 Å². The van der Waals surface area contributed by atoms with Crippen LogP contribution < -0.4 is 20.5 Å². The lowest BCUT2D eigenvalue weighted by Gasteiger charge is -2.09. The summed E-state index contributed by atoms with van der Waals surface area (Å²) in [5.74, 6) is 0.639. The topological polar surface area (TPSA) is 130 Å². The molecule has 11 heteroatoms. The number of anilines is 2. The molecule has 0 unspecified atom stereocenters. The molecule has 0 aliphatic rings. The average Bonchev–Trinajstić information content (AvgIpc) is 3.37. The highest BCUT2D eigenvalue weighted by Gasteiger charge is 2.22. The fourth-order valence-corrected chi connectivity index (χ4v) is 3.23. The molecular weight excluding hydrogens is 431 g/mol. The van der Waals surface area contributed by atoms with Crippen molar-refractivity contribution in [3.63, 3.8) is 0 Å². The zero-order valence-corrected chi connectivity index (χ0v) is 18.1. The molecule has 33 heavy (non-hydrogen) atoms. The van der Waals surface area contributed by atoms with Crippen LogP contribution in [0.4, 0.5) is 15.9 Å². The number of para-hydroxylation sites is 2. The highest BCUT2D eigenvalue weighted by Crippen LogP contribution is 2.38. The summed E-state index contributed by atoms with van der Waals surface area (Å²) in [6.45, 7) is 1.85. The van der Waals surface area contributed by atoms with Gasteiger partial charge in [-0.25, -0.2) is 14.1 Å². The number of nitrogens with two attached hydrogens (primary N) is 1. The minimum Gasteiger partial charge on any atom is -0.493 e. The predicted octanol–water partition coefficient (Wildman–Crippen LogP) is 3.28. The van der Waals surface area contributed by atoms with E-state index >= 15 is 0 Å². The van der Waals surface area contributed by atoms with E-state index in [-0.39, 0.29) is 23.7 Å². The number of oxazole rings is 1. The lowest BCUT2D eigenvalue weighted by atomic mass is 10.2. The molecule has 0 saturated heterocycles. The van der Waals surface area contributed by atoms with Gasteiger partial charge in [0, 0.05) is 0 Å². The molecule has 0 fully saturated rings. The van der Waals surface area contributed by atoms with Crippen LogP contribution >= 0.6 is 0 Å². The molecule has 10 nitrogen and oxygen atoms in total. The molecule has 0 bridgehead atoms. The molecule has 4 rings (SSSR count). The Labute approximate surface area is 188 Å². The summed E-state index contributed by atoms with van der Waals surface area (Å²) in [5, 5.41) is 10.2. The highest BCUT2D eigenvalue weighted by molar-refractivity contribution is 6.05. The monoisotopic (exact) mass is 452 g/mol. The van der Waals surface area contributed by atoms with Crippen molar-refractivity contribution in [1.82, 2.24) is 20.0 Å². The van der Waals surface area contributed by atoms with Crippen molar-refractivity contribution in [2.24, 2.45) is 0 Å². The number of nitrogens with one attached hydrogen (secondary N) is 1. The van der Waals surface area contributed by atoms with Crippen molar-refractivity contribution in [2.75, 3.05) is 25.3 Å². The van der Waals surface area contributed by atoms with Crippen LogP contribution in [-0.4, -0.2) is 40.1 Å². The fourth-order valence-electron chi connectivity index (χ4n) is 3.23. The van der Waals surface area contributed by atoms with Gasteiger partial charge in [-0.2, -0.15) is 0 Å². The maximum atomic E-state index is 13.8. The van der Waals surface area contributed by atoms with Gasteiger partial charge in [0.15, 0.2) is 23.0 Å². The van der Waals surface area contributed by atoms with Gasteiger partial charge < -0.3 is 24.9 Å². The molecule has 4 aromatic rings. The molecule has 3 N–H and O–H groups in total. The second kappa shape index (κ2) is 8.99. The third kappa shape index (κ3) is 4.20. The van der Waals surface area contributed by atoms with E-state index in [1.165, 1.54) is 30.0 Å². The van der Waals surface area contributed by atoms with E-state index in [0.29, 0.717) is 34.4 Å². The molecule has 2 aromatic heterocycles. The number of rotatable bonds is 7. The number of nitrogens with zero attached hydrogens (tertiary/aromatic N) is 4. The highest BCUT2D eigenvalue weighted by atomic mass is 19.1. The summed E-state index contributed by atoms with van der Waals surface area (Å²) in [5.41, 5.74) is 7.12. The third-order valence-corrected chi connectivity index (χ3v) is 4.94. The molecule has 170 valence electrons. The van der Waals surface area contributed by atoms with E-state index in [1.807, 2.05) is 0 Å². The number of halogens is 1. The standard InChI is InChI=1S/C22H21FN6O4/c1-12-16(26-22(33-12)13-7-6-10-17(31-2)19(13)32-3)11-29-20(24)18(27-28-29)21(30)25-15-9-5-4-8-14(15)23/h4-10H,11,24H2,1-3H3,(H,25,30). The van der Waals surface area contributed by atoms with Crippen molar-refractivity contribution in [3.05, 3.63) is 65.4 Å². The van der Waals surface area contributed by atoms with Gasteiger partial charge in [0.2, 0.25) is 5.89 Å². The molecule has 1 amide bonds. The van der Waals surface area contributed by atoms with Crippen molar-refractivity contribution in [3.8, 4) is 23.0 Å². The number of methoxy groups -OCH3 is 2. The van der Waals surface area contributed by atoms with Crippen LogP contribution in [0.2, 0.25) is 0 Å². The SMILES string of the molecule is COc1cccc(-c2nc(Cn3nnc(C(=O)Nc4ccccc4F)c3N)c(C)o2)c1OC. The van der Waals surface area contributed by atoms with E-state index in [0.717, 1.165) is 0 Å². The number of ether oxygens (including phenoxy) is 2. The van der Waals surface area contributed by atoms with Gasteiger partial charge in [0.25, 0.3) is 5.91 Å². The molecule has 2 heterocycles. The van der Waals surface area contributed by atoms with Gasteiger partial charge in [0.05, 0.1) is 32.0 Å². The van der Waals surface area contributed by atoms with Gasteiger partial charge in [-0.15, -0.1) is 5.10 Å². The number of nitrogen functional groups attached to an aromatic ring is 1. The summed E-state index contributed by atoms with van der Waals surface area (Å²) in [6, 6.07) is 11.1. The van der Waals surface area contributed by atoms with Crippen LogP contribution in [0.25, 0.3) is 11.5 Å². The van der Waals surface area contributed by atoms with E-state index in [4.69, 9.17) is 19.6 Å². The first-order chi connectivity index (χ1) is 15.9. The maximum absolute atomic E-state index is 13.8.